The maximum atomic E-state index is 11.1. The van der Waals surface area contributed by atoms with Crippen LogP contribution in [-0.4, -0.2) is 11.5 Å². The summed E-state index contributed by atoms with van der Waals surface area (Å²) in [6.45, 7) is 0.416. The van der Waals surface area contributed by atoms with Crippen LogP contribution in [-0.2, 0) is 6.42 Å². The summed E-state index contributed by atoms with van der Waals surface area (Å²) < 4.78 is 0. The highest BCUT2D eigenvalue weighted by molar-refractivity contribution is 5.92. The second-order valence-electron chi connectivity index (χ2n) is 3.59. The van der Waals surface area contributed by atoms with E-state index in [1.54, 1.807) is 12.1 Å². The highest BCUT2D eigenvalue weighted by atomic mass is 16.6. The van der Waals surface area contributed by atoms with Gasteiger partial charge in [-0.25, -0.2) is 0 Å². The van der Waals surface area contributed by atoms with Gasteiger partial charge < -0.3 is 5.73 Å². The molecule has 0 heterocycles. The largest absolute Gasteiger partial charge is 0.330 e. The Labute approximate surface area is 92.8 Å². The van der Waals surface area contributed by atoms with Gasteiger partial charge in [-0.05, 0) is 24.4 Å². The van der Waals surface area contributed by atoms with E-state index in [2.05, 4.69) is 0 Å². The van der Waals surface area contributed by atoms with Gasteiger partial charge in [-0.15, -0.1) is 0 Å². The van der Waals surface area contributed by atoms with Gasteiger partial charge in [0.1, 0.15) is 0 Å². The normalized spacial score (nSPS) is 10.6. The van der Waals surface area contributed by atoms with Crippen molar-refractivity contribution in [3.8, 4) is 0 Å². The fourth-order valence-corrected chi connectivity index (χ4v) is 1.87. The van der Waals surface area contributed by atoms with E-state index in [4.69, 9.17) is 5.73 Å². The number of rotatable bonds is 3. The first-order valence-corrected chi connectivity index (χ1v) is 5.09. The molecular weight excluding hydrogens is 204 g/mol. The van der Waals surface area contributed by atoms with E-state index in [1.165, 1.54) is 0 Å². The summed E-state index contributed by atoms with van der Waals surface area (Å²) in [6, 6.07) is 11.0. The predicted octanol–water partition coefficient (Wildman–Crippen LogP) is 2.25. The SMILES string of the molecule is NCCc1ccc2ccccc2c1[N+](=O)[O-]. The Bertz CT molecular complexity index is 538. The van der Waals surface area contributed by atoms with Crippen molar-refractivity contribution in [2.75, 3.05) is 6.54 Å². The van der Waals surface area contributed by atoms with Crippen LogP contribution in [0.2, 0.25) is 0 Å². The molecule has 0 bridgehead atoms. The average Bonchev–Trinajstić information content (AvgIpc) is 2.28. The van der Waals surface area contributed by atoms with Gasteiger partial charge in [0.05, 0.1) is 10.3 Å². The van der Waals surface area contributed by atoms with Crippen LogP contribution < -0.4 is 5.73 Å². The van der Waals surface area contributed by atoms with Crippen molar-refractivity contribution in [2.24, 2.45) is 5.73 Å². The second kappa shape index (κ2) is 4.28. The van der Waals surface area contributed by atoms with Crippen LogP contribution in [0, 0.1) is 10.1 Å². The van der Waals surface area contributed by atoms with Crippen molar-refractivity contribution in [1.29, 1.82) is 0 Å². The van der Waals surface area contributed by atoms with Crippen LogP contribution in [0.5, 0.6) is 0 Å². The molecule has 0 aliphatic carbocycles. The monoisotopic (exact) mass is 216 g/mol. The molecule has 0 aromatic heterocycles. The standard InChI is InChI=1S/C12H12N2O2/c13-8-7-10-6-5-9-3-1-2-4-11(9)12(10)14(15)16/h1-6H,7-8,13H2. The first-order valence-electron chi connectivity index (χ1n) is 5.09. The Morgan fingerprint density at radius 2 is 1.94 bits per heavy atom. The molecule has 2 rings (SSSR count). The number of hydrogen-bond acceptors (Lipinski definition) is 3. The van der Waals surface area contributed by atoms with Gasteiger partial charge in [0, 0.05) is 5.56 Å². The van der Waals surface area contributed by atoms with E-state index < -0.39 is 0 Å². The minimum atomic E-state index is -0.326. The molecule has 0 amide bonds. The van der Waals surface area contributed by atoms with Gasteiger partial charge in [0.15, 0.2) is 0 Å². The zero-order chi connectivity index (χ0) is 11.5. The zero-order valence-corrected chi connectivity index (χ0v) is 8.72. The van der Waals surface area contributed by atoms with E-state index >= 15 is 0 Å². The molecule has 16 heavy (non-hydrogen) atoms. The molecule has 2 aromatic carbocycles. The topological polar surface area (TPSA) is 69.2 Å². The molecule has 0 fully saturated rings. The maximum Gasteiger partial charge on any atom is 0.280 e. The van der Waals surface area contributed by atoms with Gasteiger partial charge >= 0.3 is 0 Å². The number of nitro benzene ring substituents is 1. The summed E-state index contributed by atoms with van der Waals surface area (Å²) in [4.78, 5) is 10.7. The van der Waals surface area contributed by atoms with Crippen molar-refractivity contribution in [3.05, 3.63) is 52.1 Å². The molecule has 0 spiro atoms. The molecule has 0 saturated carbocycles. The van der Waals surface area contributed by atoms with Gasteiger partial charge in [-0.3, -0.25) is 10.1 Å². The van der Waals surface area contributed by atoms with Crippen LogP contribution in [0.3, 0.4) is 0 Å². The van der Waals surface area contributed by atoms with Crippen LogP contribution in [0.4, 0.5) is 5.69 Å². The molecule has 0 saturated heterocycles. The lowest BCUT2D eigenvalue weighted by atomic mass is 10.0. The third-order valence-corrected chi connectivity index (χ3v) is 2.58. The molecule has 0 radical (unpaired) electrons. The molecule has 2 aromatic rings. The molecule has 0 aliphatic heterocycles. The van der Waals surface area contributed by atoms with Crippen molar-refractivity contribution in [3.63, 3.8) is 0 Å². The minimum Gasteiger partial charge on any atom is -0.330 e. The van der Waals surface area contributed by atoms with E-state index in [9.17, 15) is 10.1 Å². The molecule has 0 atom stereocenters. The molecule has 0 aliphatic rings. The second-order valence-corrected chi connectivity index (χ2v) is 3.59. The number of nitrogens with zero attached hydrogens (tertiary/aromatic N) is 1. The summed E-state index contributed by atoms with van der Waals surface area (Å²) >= 11 is 0. The maximum absolute atomic E-state index is 11.1. The first-order chi connectivity index (χ1) is 7.74. The predicted molar refractivity (Wildman–Crippen MR) is 63.4 cm³/mol. The summed E-state index contributed by atoms with van der Waals surface area (Å²) in [5.41, 5.74) is 6.34. The fourth-order valence-electron chi connectivity index (χ4n) is 1.87. The van der Waals surface area contributed by atoms with E-state index in [-0.39, 0.29) is 10.6 Å². The highest BCUT2D eigenvalue weighted by Gasteiger charge is 2.16. The number of fused-ring (bicyclic) bond motifs is 1. The third-order valence-electron chi connectivity index (χ3n) is 2.58. The third kappa shape index (κ3) is 1.75. The summed E-state index contributed by atoms with van der Waals surface area (Å²) in [5.74, 6) is 0. The van der Waals surface area contributed by atoms with Crippen molar-refractivity contribution in [2.45, 2.75) is 6.42 Å². The number of benzene rings is 2. The van der Waals surface area contributed by atoms with Gasteiger partial charge in [0.25, 0.3) is 5.69 Å². The van der Waals surface area contributed by atoms with Crippen LogP contribution in [0.15, 0.2) is 36.4 Å². The van der Waals surface area contributed by atoms with E-state index in [0.717, 1.165) is 5.39 Å². The molecule has 4 nitrogen and oxygen atoms in total. The first kappa shape index (κ1) is 10.6. The molecular formula is C12H12N2O2. The van der Waals surface area contributed by atoms with Gasteiger partial charge in [0.2, 0.25) is 0 Å². The lowest BCUT2D eigenvalue weighted by Gasteiger charge is -2.04. The number of nitro groups is 1. The van der Waals surface area contributed by atoms with Crippen molar-refractivity contribution in [1.82, 2.24) is 0 Å². The number of hydrogen-bond donors (Lipinski definition) is 1. The summed E-state index contributed by atoms with van der Waals surface area (Å²) in [7, 11) is 0. The van der Waals surface area contributed by atoms with Crippen LogP contribution in [0.1, 0.15) is 5.56 Å². The Balaban J connectivity index is 2.73. The zero-order valence-electron chi connectivity index (χ0n) is 8.72. The minimum absolute atomic E-state index is 0.184. The van der Waals surface area contributed by atoms with Crippen LogP contribution >= 0.6 is 0 Å². The Hall–Kier alpha value is -1.94. The molecule has 0 unspecified atom stereocenters. The van der Waals surface area contributed by atoms with Crippen molar-refractivity contribution < 1.29 is 4.92 Å². The average molecular weight is 216 g/mol. The summed E-state index contributed by atoms with van der Waals surface area (Å²) in [5, 5.41) is 12.6. The van der Waals surface area contributed by atoms with E-state index in [1.807, 2.05) is 24.3 Å². The smallest absolute Gasteiger partial charge is 0.280 e. The Morgan fingerprint density at radius 3 is 2.62 bits per heavy atom. The quantitative estimate of drug-likeness (QED) is 0.632. The highest BCUT2D eigenvalue weighted by Crippen LogP contribution is 2.29. The van der Waals surface area contributed by atoms with E-state index in [0.29, 0.717) is 23.9 Å². The fraction of sp³-hybridized carbons (Fsp3) is 0.167. The molecule has 82 valence electrons. The molecule has 4 heteroatoms. The van der Waals surface area contributed by atoms with Crippen molar-refractivity contribution >= 4 is 16.5 Å². The van der Waals surface area contributed by atoms with Crippen LogP contribution in [0.25, 0.3) is 10.8 Å². The van der Waals surface area contributed by atoms with Gasteiger partial charge in [-0.2, -0.15) is 0 Å². The lowest BCUT2D eigenvalue weighted by Crippen LogP contribution is -2.05. The lowest BCUT2D eigenvalue weighted by molar-refractivity contribution is -0.383. The summed E-state index contributed by atoms with van der Waals surface area (Å²) in [6.07, 6.45) is 0.529. The Morgan fingerprint density at radius 1 is 1.19 bits per heavy atom. The number of nitrogens with two attached hydrogens (primary N) is 1. The van der Waals surface area contributed by atoms with Gasteiger partial charge in [-0.1, -0.05) is 30.3 Å². The molecule has 2 N–H and O–H groups in total. The Kier molecular flexibility index (Phi) is 2.83.